The van der Waals surface area contributed by atoms with Gasteiger partial charge in [0.1, 0.15) is 17.0 Å². The molecule has 0 radical (unpaired) electrons. The molecule has 1 aromatic carbocycles. The van der Waals surface area contributed by atoms with Gasteiger partial charge in [0.2, 0.25) is 0 Å². The number of hydrogen-bond donors (Lipinski definition) is 0. The Morgan fingerprint density at radius 2 is 1.73 bits per heavy atom. The molecule has 4 rings (SSSR count). The van der Waals surface area contributed by atoms with E-state index in [9.17, 15) is 14.4 Å². The van der Waals surface area contributed by atoms with E-state index in [1.165, 1.54) is 0 Å². The van der Waals surface area contributed by atoms with Gasteiger partial charge < -0.3 is 24.0 Å². The van der Waals surface area contributed by atoms with E-state index < -0.39 is 11.2 Å². The first-order valence-corrected chi connectivity index (χ1v) is 13.5. The maximum absolute atomic E-state index is 13.3. The molecule has 0 aliphatic carbocycles. The Morgan fingerprint density at radius 1 is 1.11 bits per heavy atom. The minimum absolute atomic E-state index is 0.135. The van der Waals surface area contributed by atoms with Gasteiger partial charge >= 0.3 is 12.1 Å². The molecule has 0 bridgehead atoms. The minimum Gasteiger partial charge on any atom is -0.492 e. The molecule has 3 aliphatic rings. The molecule has 1 saturated heterocycles. The third-order valence-electron chi connectivity index (χ3n) is 7.29. The lowest BCUT2D eigenvalue weighted by Gasteiger charge is -2.39. The van der Waals surface area contributed by atoms with Crippen molar-refractivity contribution in [1.29, 1.82) is 0 Å². The van der Waals surface area contributed by atoms with Crippen molar-refractivity contribution in [2.24, 2.45) is 0 Å². The van der Waals surface area contributed by atoms with Crippen LogP contribution in [0.1, 0.15) is 95.6 Å². The molecule has 1 spiro atoms. The van der Waals surface area contributed by atoms with Crippen molar-refractivity contribution < 1.29 is 28.6 Å². The fourth-order valence-corrected chi connectivity index (χ4v) is 5.69. The fraction of sp³-hybridized carbons (Fsp3) is 0.679. The molecular weight excluding hydrogens is 496 g/mol. The van der Waals surface area contributed by atoms with Crippen molar-refractivity contribution in [3.8, 4) is 5.75 Å². The summed E-state index contributed by atoms with van der Waals surface area (Å²) >= 11 is 6.71. The summed E-state index contributed by atoms with van der Waals surface area (Å²) in [6, 6.07) is 1.73. The van der Waals surface area contributed by atoms with Crippen LogP contribution in [0.5, 0.6) is 5.75 Å². The number of benzene rings is 1. The van der Waals surface area contributed by atoms with Gasteiger partial charge in [-0.05, 0) is 73.8 Å². The van der Waals surface area contributed by atoms with Gasteiger partial charge in [-0.2, -0.15) is 0 Å². The average Bonchev–Trinajstić information content (AvgIpc) is 3.29. The predicted octanol–water partition coefficient (Wildman–Crippen LogP) is 5.47. The second kappa shape index (κ2) is 9.68. The Kier molecular flexibility index (Phi) is 7.21. The molecular formula is C28H39ClN2O6. The van der Waals surface area contributed by atoms with Crippen molar-refractivity contribution in [2.45, 2.75) is 103 Å². The number of piperidine rings is 1. The van der Waals surface area contributed by atoms with Crippen molar-refractivity contribution in [3.63, 3.8) is 0 Å². The molecule has 1 aromatic rings. The van der Waals surface area contributed by atoms with E-state index >= 15 is 0 Å². The van der Waals surface area contributed by atoms with Gasteiger partial charge in [0.25, 0.3) is 5.91 Å². The normalized spacial score (nSPS) is 19.4. The van der Waals surface area contributed by atoms with E-state index in [1.807, 2.05) is 54.5 Å². The van der Waals surface area contributed by atoms with Crippen LogP contribution in [-0.4, -0.2) is 64.7 Å². The lowest BCUT2D eigenvalue weighted by atomic mass is 9.74. The average molecular weight is 535 g/mol. The van der Waals surface area contributed by atoms with E-state index in [0.717, 1.165) is 29.7 Å². The van der Waals surface area contributed by atoms with E-state index in [4.69, 9.17) is 25.8 Å². The quantitative estimate of drug-likeness (QED) is 0.476. The van der Waals surface area contributed by atoms with Gasteiger partial charge in [0.05, 0.1) is 23.7 Å². The van der Waals surface area contributed by atoms with Crippen LogP contribution in [0.2, 0.25) is 5.02 Å². The SMILES string of the molecule is CC(CCC(=O)OC(C)(C)C)N1Cc2c3c(cc(Cl)c2C1=O)C1(CCN(C(=O)OC(C)(C)C)CC1)CO3. The summed E-state index contributed by atoms with van der Waals surface area (Å²) in [6.07, 6.45) is 1.91. The zero-order chi connectivity index (χ0) is 27.3. The number of amides is 2. The van der Waals surface area contributed by atoms with Gasteiger partial charge in [-0.3, -0.25) is 9.59 Å². The summed E-state index contributed by atoms with van der Waals surface area (Å²) in [5, 5.41) is 0.431. The largest absolute Gasteiger partial charge is 0.492 e. The zero-order valence-electron chi connectivity index (χ0n) is 23.0. The van der Waals surface area contributed by atoms with Gasteiger partial charge in [0, 0.05) is 42.1 Å². The summed E-state index contributed by atoms with van der Waals surface area (Å²) in [4.78, 5) is 41.6. The number of esters is 1. The second-order valence-electron chi connectivity index (χ2n) is 12.5. The molecule has 1 unspecified atom stereocenters. The van der Waals surface area contributed by atoms with Crippen LogP contribution >= 0.6 is 11.6 Å². The lowest BCUT2D eigenvalue weighted by Crippen LogP contribution is -2.47. The lowest BCUT2D eigenvalue weighted by molar-refractivity contribution is -0.155. The number of carbonyl (C=O) groups excluding carboxylic acids is 3. The molecule has 3 aliphatic heterocycles. The summed E-state index contributed by atoms with van der Waals surface area (Å²) in [6.45, 7) is 15.1. The smallest absolute Gasteiger partial charge is 0.410 e. The summed E-state index contributed by atoms with van der Waals surface area (Å²) in [5.41, 5.74) is 1.02. The molecule has 204 valence electrons. The first-order valence-electron chi connectivity index (χ1n) is 13.1. The highest BCUT2D eigenvalue weighted by molar-refractivity contribution is 6.34. The van der Waals surface area contributed by atoms with Crippen LogP contribution < -0.4 is 4.74 Å². The van der Waals surface area contributed by atoms with Crippen molar-refractivity contribution in [3.05, 3.63) is 27.8 Å². The van der Waals surface area contributed by atoms with E-state index in [2.05, 4.69) is 0 Å². The Morgan fingerprint density at radius 3 is 2.32 bits per heavy atom. The van der Waals surface area contributed by atoms with Crippen molar-refractivity contribution in [2.75, 3.05) is 19.7 Å². The highest BCUT2D eigenvalue weighted by Crippen LogP contribution is 2.51. The number of carbonyl (C=O) groups is 3. The standard InChI is InChI=1S/C28H39ClN2O6/c1-17(8-9-21(32)36-26(2,3)4)31-15-18-22(24(31)33)20(29)14-19-23(18)35-16-28(19)10-12-30(13-11-28)25(34)37-27(5,6)7/h14,17H,8-13,15-16H2,1-7H3. The second-order valence-corrected chi connectivity index (χ2v) is 12.9. The third-order valence-corrected chi connectivity index (χ3v) is 7.59. The molecule has 0 aromatic heterocycles. The van der Waals surface area contributed by atoms with E-state index in [0.29, 0.717) is 43.2 Å². The van der Waals surface area contributed by atoms with Gasteiger partial charge in [-0.25, -0.2) is 4.79 Å². The van der Waals surface area contributed by atoms with Crippen LogP contribution in [0.4, 0.5) is 4.79 Å². The summed E-state index contributed by atoms with van der Waals surface area (Å²) in [7, 11) is 0. The topological polar surface area (TPSA) is 85.4 Å². The van der Waals surface area contributed by atoms with E-state index in [-0.39, 0.29) is 35.8 Å². The first-order chi connectivity index (χ1) is 17.1. The molecule has 9 heteroatoms. The third kappa shape index (κ3) is 5.69. The number of rotatable bonds is 4. The van der Waals surface area contributed by atoms with Gasteiger partial charge in [0.15, 0.2) is 0 Å². The Labute approximate surface area is 224 Å². The predicted molar refractivity (Wildman–Crippen MR) is 140 cm³/mol. The van der Waals surface area contributed by atoms with Crippen molar-refractivity contribution >= 4 is 29.6 Å². The number of nitrogens with zero attached hydrogens (tertiary/aromatic N) is 2. The van der Waals surface area contributed by atoms with Crippen molar-refractivity contribution in [1.82, 2.24) is 9.80 Å². The zero-order valence-corrected chi connectivity index (χ0v) is 23.8. The fourth-order valence-electron chi connectivity index (χ4n) is 5.39. The number of halogens is 1. The Hall–Kier alpha value is -2.48. The van der Waals surface area contributed by atoms with Crippen LogP contribution in [0.25, 0.3) is 0 Å². The molecule has 0 saturated carbocycles. The Balaban J connectivity index is 1.47. The number of fused-ring (bicyclic) bond motifs is 4. The molecule has 0 N–H and O–H groups in total. The molecule has 37 heavy (non-hydrogen) atoms. The maximum Gasteiger partial charge on any atom is 0.410 e. The van der Waals surface area contributed by atoms with Crippen LogP contribution in [0, 0.1) is 0 Å². The monoisotopic (exact) mass is 534 g/mol. The molecule has 8 nitrogen and oxygen atoms in total. The van der Waals surface area contributed by atoms with Crippen LogP contribution in [-0.2, 0) is 26.2 Å². The van der Waals surface area contributed by atoms with Gasteiger partial charge in [-0.1, -0.05) is 11.6 Å². The number of hydrogen-bond acceptors (Lipinski definition) is 6. The van der Waals surface area contributed by atoms with Crippen LogP contribution in [0.15, 0.2) is 6.07 Å². The molecule has 3 heterocycles. The highest BCUT2D eigenvalue weighted by atomic mass is 35.5. The molecule has 1 atom stereocenters. The Bertz CT molecular complexity index is 1100. The van der Waals surface area contributed by atoms with Gasteiger partial charge in [-0.15, -0.1) is 0 Å². The highest BCUT2D eigenvalue weighted by Gasteiger charge is 2.48. The summed E-state index contributed by atoms with van der Waals surface area (Å²) < 4.78 is 17.2. The summed E-state index contributed by atoms with van der Waals surface area (Å²) in [5.74, 6) is 0.342. The maximum atomic E-state index is 13.3. The molecule has 2 amide bonds. The number of likely N-dealkylation sites (tertiary alicyclic amines) is 1. The number of ether oxygens (including phenoxy) is 3. The first kappa shape index (κ1) is 27.6. The van der Waals surface area contributed by atoms with Crippen LogP contribution in [0.3, 0.4) is 0 Å². The minimum atomic E-state index is -0.537. The molecule has 1 fully saturated rings. The van der Waals surface area contributed by atoms with E-state index in [1.54, 1.807) is 9.80 Å².